The normalized spacial score (nSPS) is 14.8. The predicted molar refractivity (Wildman–Crippen MR) is 118 cm³/mol. The topological polar surface area (TPSA) is 62.2 Å². The fourth-order valence-corrected chi connectivity index (χ4v) is 4.47. The number of carboxylic acids is 1. The molecule has 160 valence electrons. The van der Waals surface area contributed by atoms with Gasteiger partial charge in [0.25, 0.3) is 0 Å². The number of thioether (sulfide) groups is 1. The molecule has 2 aromatic carbocycles. The first-order chi connectivity index (χ1) is 14.4. The molecule has 0 radical (unpaired) electrons. The van der Waals surface area contributed by atoms with Crippen molar-refractivity contribution in [3.63, 3.8) is 0 Å². The number of fused-ring (bicyclic) bond motifs is 1. The fourth-order valence-electron chi connectivity index (χ4n) is 2.98. The van der Waals surface area contributed by atoms with Crippen molar-refractivity contribution in [3.05, 3.63) is 54.1 Å². The van der Waals surface area contributed by atoms with Crippen molar-refractivity contribution in [2.24, 2.45) is 0 Å². The number of nitrogens with zero attached hydrogens (tertiary/aromatic N) is 2. The van der Waals surface area contributed by atoms with Gasteiger partial charge in [0.15, 0.2) is 0 Å². The second kappa shape index (κ2) is 10.1. The summed E-state index contributed by atoms with van der Waals surface area (Å²) in [5.41, 5.74) is 2.22. The minimum absolute atomic E-state index is 0.421. The third kappa shape index (κ3) is 5.41. The number of benzene rings is 2. The molecule has 6 nitrogen and oxygen atoms in total. The summed E-state index contributed by atoms with van der Waals surface area (Å²) < 4.78 is 26.1. The van der Waals surface area contributed by atoms with Gasteiger partial charge in [0, 0.05) is 19.6 Å². The molecule has 0 bridgehead atoms. The molecule has 0 unspecified atom stereocenters. The average molecular weight is 451 g/mol. The van der Waals surface area contributed by atoms with Crippen LogP contribution in [0, 0.1) is 0 Å². The minimum Gasteiger partial charge on any atom is -0.497 e. The summed E-state index contributed by atoms with van der Waals surface area (Å²) in [4.78, 5) is 14.8. The lowest BCUT2D eigenvalue weighted by Gasteiger charge is -2.25. The average Bonchev–Trinajstić information content (AvgIpc) is 2.89. The van der Waals surface area contributed by atoms with Gasteiger partial charge < -0.3 is 19.5 Å². The largest absolute Gasteiger partial charge is 0.497 e. The van der Waals surface area contributed by atoms with Gasteiger partial charge in [-0.15, -0.1) is 11.8 Å². The number of halogens is 1. The molecule has 0 aliphatic carbocycles. The highest BCUT2D eigenvalue weighted by molar-refractivity contribution is 7.98. The van der Waals surface area contributed by atoms with Crippen molar-refractivity contribution in [1.82, 2.24) is 4.31 Å². The van der Waals surface area contributed by atoms with Crippen LogP contribution in [0.5, 0.6) is 11.5 Å². The zero-order valence-corrected chi connectivity index (χ0v) is 18.6. The number of carboxylic acid groups (broad SMARTS) is 1. The second-order valence-electron chi connectivity index (χ2n) is 6.57. The van der Waals surface area contributed by atoms with E-state index < -0.39 is 11.8 Å². The van der Waals surface area contributed by atoms with Crippen LogP contribution in [-0.2, 0) is 11.3 Å². The molecule has 1 heterocycles. The highest BCUT2D eigenvalue weighted by Crippen LogP contribution is 2.42. The smallest absolute Gasteiger partial charge is 0.368 e. The number of likely N-dealkylation sites (N-methyl/N-ethyl adjacent to an activating group) is 1. The Morgan fingerprint density at radius 1 is 1.30 bits per heavy atom. The molecule has 2 aromatic rings. The van der Waals surface area contributed by atoms with Crippen LogP contribution in [-0.4, -0.2) is 48.9 Å². The maximum atomic E-state index is 13.4. The Bertz CT molecular complexity index is 937. The maximum absolute atomic E-state index is 13.4. The van der Waals surface area contributed by atoms with Crippen molar-refractivity contribution in [2.75, 3.05) is 38.4 Å². The Morgan fingerprint density at radius 2 is 2.03 bits per heavy atom. The van der Waals surface area contributed by atoms with Crippen LogP contribution in [0.25, 0.3) is 0 Å². The van der Waals surface area contributed by atoms with E-state index in [1.807, 2.05) is 49.7 Å². The van der Waals surface area contributed by atoms with Crippen LogP contribution < -0.4 is 14.4 Å². The molecule has 0 saturated heterocycles. The van der Waals surface area contributed by atoms with E-state index in [4.69, 9.17) is 14.6 Å². The molecule has 1 N–H and O–H groups in total. The van der Waals surface area contributed by atoms with Crippen molar-refractivity contribution in [2.45, 2.75) is 16.3 Å². The van der Waals surface area contributed by atoms with E-state index in [1.165, 1.54) is 11.8 Å². The number of aliphatic carboxylic acids is 1. The van der Waals surface area contributed by atoms with Crippen molar-refractivity contribution in [3.8, 4) is 11.5 Å². The SMILES string of the molecule is COc1ccc(CN2CCN(C)Sc3cc(O/C=C(\F)C(=O)O)c(SC)cc32)cc1. The molecule has 0 saturated carbocycles. The standard InChI is InChI=1S/C21H23FN2O4S2/c1-23-8-9-24(12-14-4-6-15(27-2)7-5-14)17-10-20(29-3)18(11-19(17)30-23)28-13-16(22)21(25)26/h4-7,10-11,13H,8-9,12H2,1-3H3,(H,25,26)/b16-13-. The van der Waals surface area contributed by atoms with Crippen LogP contribution >= 0.6 is 23.7 Å². The monoisotopic (exact) mass is 450 g/mol. The zero-order valence-electron chi connectivity index (χ0n) is 16.9. The van der Waals surface area contributed by atoms with Crippen LogP contribution in [0.4, 0.5) is 10.1 Å². The molecule has 1 aliphatic rings. The molecule has 0 atom stereocenters. The molecular weight excluding hydrogens is 427 g/mol. The van der Waals surface area contributed by atoms with Crippen LogP contribution in [0.1, 0.15) is 5.56 Å². The van der Waals surface area contributed by atoms with Crippen LogP contribution in [0.3, 0.4) is 0 Å². The highest BCUT2D eigenvalue weighted by Gasteiger charge is 2.22. The highest BCUT2D eigenvalue weighted by atomic mass is 32.2. The van der Waals surface area contributed by atoms with E-state index in [1.54, 1.807) is 19.1 Å². The number of carbonyl (C=O) groups is 1. The van der Waals surface area contributed by atoms with Gasteiger partial charge in [0.1, 0.15) is 17.8 Å². The Labute approximate surface area is 183 Å². The van der Waals surface area contributed by atoms with Gasteiger partial charge in [-0.05, 0) is 55.1 Å². The summed E-state index contributed by atoms with van der Waals surface area (Å²) in [7, 11) is 3.66. The summed E-state index contributed by atoms with van der Waals surface area (Å²) in [5.74, 6) is -1.76. The number of hydrogen-bond acceptors (Lipinski definition) is 7. The Kier molecular flexibility index (Phi) is 7.52. The van der Waals surface area contributed by atoms with Crippen LogP contribution in [0.2, 0.25) is 0 Å². The van der Waals surface area contributed by atoms with E-state index in [0.29, 0.717) is 12.0 Å². The lowest BCUT2D eigenvalue weighted by molar-refractivity contribution is -0.134. The lowest BCUT2D eigenvalue weighted by Crippen LogP contribution is -2.28. The molecular formula is C21H23FN2O4S2. The van der Waals surface area contributed by atoms with Gasteiger partial charge in [-0.3, -0.25) is 0 Å². The van der Waals surface area contributed by atoms with E-state index in [-0.39, 0.29) is 0 Å². The summed E-state index contributed by atoms with van der Waals surface area (Å²) in [6, 6.07) is 11.8. The first-order valence-electron chi connectivity index (χ1n) is 9.16. The molecule has 0 spiro atoms. The number of hydrogen-bond donors (Lipinski definition) is 1. The number of rotatable bonds is 7. The predicted octanol–water partition coefficient (Wildman–Crippen LogP) is 4.65. The number of methoxy groups -OCH3 is 1. The molecule has 0 aromatic heterocycles. The quantitative estimate of drug-likeness (QED) is 0.283. The van der Waals surface area contributed by atoms with E-state index in [2.05, 4.69) is 9.21 Å². The van der Waals surface area contributed by atoms with Gasteiger partial charge >= 0.3 is 5.97 Å². The fraction of sp³-hybridized carbons (Fsp3) is 0.286. The van der Waals surface area contributed by atoms with Gasteiger partial charge in [-0.25, -0.2) is 9.10 Å². The Morgan fingerprint density at radius 3 is 2.67 bits per heavy atom. The molecule has 3 rings (SSSR count). The third-order valence-electron chi connectivity index (χ3n) is 4.55. The van der Waals surface area contributed by atoms with E-state index in [9.17, 15) is 9.18 Å². The van der Waals surface area contributed by atoms with Crippen molar-refractivity contribution in [1.29, 1.82) is 0 Å². The van der Waals surface area contributed by atoms with E-state index >= 15 is 0 Å². The third-order valence-corrected chi connectivity index (χ3v) is 6.33. The summed E-state index contributed by atoms with van der Waals surface area (Å²) in [6.45, 7) is 2.42. The Balaban J connectivity index is 1.94. The Hall–Kier alpha value is -2.36. The first kappa shape index (κ1) is 22.3. The number of ether oxygens (including phenoxy) is 2. The van der Waals surface area contributed by atoms with Crippen molar-refractivity contribution < 1.29 is 23.8 Å². The van der Waals surface area contributed by atoms with Gasteiger partial charge in [-0.1, -0.05) is 12.1 Å². The van der Waals surface area contributed by atoms with Gasteiger partial charge in [0.05, 0.1) is 22.6 Å². The molecule has 0 fully saturated rings. The van der Waals surface area contributed by atoms with Gasteiger partial charge in [0.2, 0.25) is 5.83 Å². The van der Waals surface area contributed by atoms with Crippen LogP contribution in [0.15, 0.2) is 58.3 Å². The second-order valence-corrected chi connectivity index (χ2v) is 8.67. The molecule has 9 heteroatoms. The lowest BCUT2D eigenvalue weighted by atomic mass is 10.2. The van der Waals surface area contributed by atoms with Crippen molar-refractivity contribution >= 4 is 35.4 Å². The van der Waals surface area contributed by atoms with E-state index in [0.717, 1.165) is 46.4 Å². The summed E-state index contributed by atoms with van der Waals surface area (Å²) >= 11 is 3.04. The molecule has 0 amide bonds. The van der Waals surface area contributed by atoms with Gasteiger partial charge in [-0.2, -0.15) is 4.39 Å². The zero-order chi connectivity index (χ0) is 21.7. The summed E-state index contributed by atoms with van der Waals surface area (Å²) in [6.07, 6.45) is 2.53. The first-order valence-corrected chi connectivity index (χ1v) is 11.2. The molecule has 30 heavy (non-hydrogen) atoms. The minimum atomic E-state index is -1.66. The molecule has 1 aliphatic heterocycles. The maximum Gasteiger partial charge on any atom is 0.368 e. The number of anilines is 1. The summed E-state index contributed by atoms with van der Waals surface area (Å²) in [5, 5.41) is 8.70.